The Kier molecular flexibility index (Phi) is 2.90. The van der Waals surface area contributed by atoms with Crippen LogP contribution < -0.4 is 5.73 Å². The van der Waals surface area contributed by atoms with E-state index in [0.29, 0.717) is 16.6 Å². The highest BCUT2D eigenvalue weighted by Crippen LogP contribution is 2.32. The number of benzene rings is 2. The van der Waals surface area contributed by atoms with Crippen molar-refractivity contribution in [3.63, 3.8) is 0 Å². The average molecular weight is 266 g/mol. The van der Waals surface area contributed by atoms with E-state index in [1.165, 1.54) is 6.07 Å². The van der Waals surface area contributed by atoms with Crippen LogP contribution in [0.15, 0.2) is 42.5 Å². The summed E-state index contributed by atoms with van der Waals surface area (Å²) in [6.07, 6.45) is 0. The first-order chi connectivity index (χ1) is 9.58. The van der Waals surface area contributed by atoms with Crippen molar-refractivity contribution in [1.82, 2.24) is 4.98 Å². The molecule has 0 saturated heterocycles. The summed E-state index contributed by atoms with van der Waals surface area (Å²) in [6, 6.07) is 13.1. The Bertz CT molecular complexity index is 795. The van der Waals surface area contributed by atoms with E-state index in [0.717, 1.165) is 22.4 Å². The lowest BCUT2D eigenvalue weighted by Gasteiger charge is -2.12. The van der Waals surface area contributed by atoms with Crippen LogP contribution in [0.3, 0.4) is 0 Å². The Morgan fingerprint density at radius 1 is 1.05 bits per heavy atom. The number of hydrogen-bond acceptors (Lipinski definition) is 2. The third-order valence-corrected chi connectivity index (χ3v) is 3.53. The first-order valence-corrected chi connectivity index (χ1v) is 6.49. The molecule has 0 amide bonds. The zero-order valence-corrected chi connectivity index (χ0v) is 11.4. The summed E-state index contributed by atoms with van der Waals surface area (Å²) in [5, 5.41) is 0.680. The van der Waals surface area contributed by atoms with Crippen molar-refractivity contribution >= 4 is 16.6 Å². The molecule has 0 aliphatic rings. The van der Waals surface area contributed by atoms with Crippen molar-refractivity contribution in [1.29, 1.82) is 0 Å². The number of nitrogens with two attached hydrogens (primary N) is 1. The molecule has 100 valence electrons. The molecule has 0 radical (unpaired) electrons. The van der Waals surface area contributed by atoms with Gasteiger partial charge in [-0.3, -0.25) is 0 Å². The molecule has 0 fully saturated rings. The van der Waals surface area contributed by atoms with Crippen molar-refractivity contribution in [3.05, 3.63) is 59.4 Å². The van der Waals surface area contributed by atoms with Crippen LogP contribution in [0.5, 0.6) is 0 Å². The first kappa shape index (κ1) is 12.6. The monoisotopic (exact) mass is 266 g/mol. The maximum Gasteiger partial charge on any atom is 0.149 e. The number of anilines is 1. The van der Waals surface area contributed by atoms with E-state index in [9.17, 15) is 4.39 Å². The highest BCUT2D eigenvalue weighted by Gasteiger charge is 2.14. The van der Waals surface area contributed by atoms with Gasteiger partial charge in [-0.1, -0.05) is 30.3 Å². The molecule has 1 heterocycles. The Morgan fingerprint density at radius 3 is 2.45 bits per heavy atom. The topological polar surface area (TPSA) is 38.9 Å². The SMILES string of the molecule is Cc1cc(F)c2nc(-c3ccccc3)c(C)c(N)c2c1. The number of rotatable bonds is 1. The molecule has 0 aliphatic carbocycles. The number of nitrogens with zero attached hydrogens (tertiary/aromatic N) is 1. The number of halogens is 1. The summed E-state index contributed by atoms with van der Waals surface area (Å²) in [5.74, 6) is -0.330. The lowest BCUT2D eigenvalue weighted by Crippen LogP contribution is -2.00. The minimum Gasteiger partial charge on any atom is -0.398 e. The van der Waals surface area contributed by atoms with Crippen molar-refractivity contribution in [2.75, 3.05) is 5.73 Å². The van der Waals surface area contributed by atoms with E-state index in [-0.39, 0.29) is 5.82 Å². The van der Waals surface area contributed by atoms with Crippen LogP contribution in [0, 0.1) is 19.7 Å². The summed E-state index contributed by atoms with van der Waals surface area (Å²) in [4.78, 5) is 4.49. The van der Waals surface area contributed by atoms with Gasteiger partial charge in [0.1, 0.15) is 11.3 Å². The summed E-state index contributed by atoms with van der Waals surface area (Å²) in [6.45, 7) is 3.77. The number of nitrogen functional groups attached to an aromatic ring is 1. The van der Waals surface area contributed by atoms with Gasteiger partial charge in [-0.15, -0.1) is 0 Å². The highest BCUT2D eigenvalue weighted by molar-refractivity contribution is 5.95. The van der Waals surface area contributed by atoms with Crippen LogP contribution in [-0.4, -0.2) is 4.98 Å². The standard InChI is InChI=1S/C17H15FN2/c1-10-8-13-15(19)11(2)16(12-6-4-3-5-7-12)20-17(13)14(18)9-10/h3-9H,1-2H3,(H2,19,20). The summed E-state index contributed by atoms with van der Waals surface area (Å²) < 4.78 is 14.1. The quantitative estimate of drug-likeness (QED) is 0.715. The maximum atomic E-state index is 14.1. The Hall–Kier alpha value is -2.42. The fourth-order valence-corrected chi connectivity index (χ4v) is 2.46. The molecule has 0 saturated carbocycles. The van der Waals surface area contributed by atoms with Crippen LogP contribution in [0.25, 0.3) is 22.2 Å². The van der Waals surface area contributed by atoms with E-state index in [4.69, 9.17) is 5.73 Å². The molecular weight excluding hydrogens is 251 g/mol. The van der Waals surface area contributed by atoms with Gasteiger partial charge < -0.3 is 5.73 Å². The number of hydrogen-bond donors (Lipinski definition) is 1. The summed E-state index contributed by atoms with van der Waals surface area (Å²) >= 11 is 0. The molecule has 1 aromatic heterocycles. The van der Waals surface area contributed by atoms with Gasteiger partial charge in [-0.25, -0.2) is 9.37 Å². The Balaban J connectivity index is 2.39. The molecule has 2 nitrogen and oxygen atoms in total. The largest absolute Gasteiger partial charge is 0.398 e. The van der Waals surface area contributed by atoms with Gasteiger partial charge >= 0.3 is 0 Å². The van der Waals surface area contributed by atoms with Crippen LogP contribution in [0.1, 0.15) is 11.1 Å². The Morgan fingerprint density at radius 2 is 1.75 bits per heavy atom. The second-order valence-corrected chi connectivity index (χ2v) is 5.01. The summed E-state index contributed by atoms with van der Waals surface area (Å²) in [7, 11) is 0. The molecule has 3 aromatic rings. The second kappa shape index (κ2) is 4.60. The number of pyridine rings is 1. The molecule has 0 aliphatic heterocycles. The zero-order chi connectivity index (χ0) is 14.3. The van der Waals surface area contributed by atoms with Crippen LogP contribution in [-0.2, 0) is 0 Å². The second-order valence-electron chi connectivity index (χ2n) is 5.01. The molecule has 0 bridgehead atoms. The van der Waals surface area contributed by atoms with E-state index < -0.39 is 0 Å². The third-order valence-electron chi connectivity index (χ3n) is 3.53. The van der Waals surface area contributed by atoms with Crippen molar-refractivity contribution in [2.24, 2.45) is 0 Å². The number of aromatic nitrogens is 1. The van der Waals surface area contributed by atoms with Gasteiger partial charge in [0.2, 0.25) is 0 Å². The highest BCUT2D eigenvalue weighted by atomic mass is 19.1. The molecule has 0 spiro atoms. The van der Waals surface area contributed by atoms with Gasteiger partial charge in [0.25, 0.3) is 0 Å². The predicted octanol–water partition coefficient (Wildman–Crippen LogP) is 4.24. The van der Waals surface area contributed by atoms with E-state index in [1.807, 2.05) is 50.2 Å². The van der Waals surface area contributed by atoms with Crippen LogP contribution >= 0.6 is 0 Å². The van der Waals surface area contributed by atoms with Gasteiger partial charge in [-0.2, -0.15) is 0 Å². The van der Waals surface area contributed by atoms with E-state index in [1.54, 1.807) is 0 Å². The van der Waals surface area contributed by atoms with Crippen LogP contribution in [0.2, 0.25) is 0 Å². The molecule has 3 heteroatoms. The zero-order valence-electron chi connectivity index (χ0n) is 11.4. The molecular formula is C17H15FN2. The minimum atomic E-state index is -0.330. The van der Waals surface area contributed by atoms with Gasteiger partial charge in [0.15, 0.2) is 0 Å². The minimum absolute atomic E-state index is 0.330. The first-order valence-electron chi connectivity index (χ1n) is 6.49. The molecule has 2 aromatic carbocycles. The van der Waals surface area contributed by atoms with Gasteiger partial charge in [-0.05, 0) is 37.1 Å². The molecule has 2 N–H and O–H groups in total. The molecule has 0 unspecified atom stereocenters. The average Bonchev–Trinajstić information content (AvgIpc) is 2.44. The lowest BCUT2D eigenvalue weighted by molar-refractivity contribution is 0.636. The van der Waals surface area contributed by atoms with Crippen LogP contribution in [0.4, 0.5) is 10.1 Å². The summed E-state index contributed by atoms with van der Waals surface area (Å²) in [5.41, 5.74) is 10.5. The number of aryl methyl sites for hydroxylation is 1. The number of fused-ring (bicyclic) bond motifs is 1. The van der Waals surface area contributed by atoms with Gasteiger partial charge in [0, 0.05) is 16.6 Å². The van der Waals surface area contributed by atoms with Crippen molar-refractivity contribution < 1.29 is 4.39 Å². The predicted molar refractivity (Wildman–Crippen MR) is 81.0 cm³/mol. The van der Waals surface area contributed by atoms with E-state index in [2.05, 4.69) is 4.98 Å². The third kappa shape index (κ3) is 1.92. The molecule has 20 heavy (non-hydrogen) atoms. The lowest BCUT2D eigenvalue weighted by atomic mass is 10.0. The molecule has 3 rings (SSSR count). The van der Waals surface area contributed by atoms with Crippen molar-refractivity contribution in [3.8, 4) is 11.3 Å². The smallest absolute Gasteiger partial charge is 0.149 e. The fourth-order valence-electron chi connectivity index (χ4n) is 2.46. The van der Waals surface area contributed by atoms with Gasteiger partial charge in [0.05, 0.1) is 5.69 Å². The van der Waals surface area contributed by atoms with Crippen molar-refractivity contribution in [2.45, 2.75) is 13.8 Å². The Labute approximate surface area is 117 Å². The molecule has 0 atom stereocenters. The van der Waals surface area contributed by atoms with E-state index >= 15 is 0 Å². The fraction of sp³-hybridized carbons (Fsp3) is 0.118. The maximum absolute atomic E-state index is 14.1. The normalized spacial score (nSPS) is 10.9.